The van der Waals surface area contributed by atoms with Gasteiger partial charge in [0.15, 0.2) is 0 Å². The maximum Gasteiger partial charge on any atom is 0.0786 e. The summed E-state index contributed by atoms with van der Waals surface area (Å²) in [5, 5.41) is 0. The molecule has 0 saturated carbocycles. The second kappa shape index (κ2) is 18.7. The smallest absolute Gasteiger partial charge is 0.0786 e. The molecule has 0 aliphatic carbocycles. The molecule has 0 radical (unpaired) electrons. The van der Waals surface area contributed by atoms with Crippen LogP contribution < -0.4 is 0 Å². The Morgan fingerprint density at radius 2 is 0.720 bits per heavy atom. The minimum absolute atomic E-state index is 1.33. The monoisotopic (exact) mass is 354 g/mol. The van der Waals surface area contributed by atoms with E-state index in [-0.39, 0.29) is 0 Å². The van der Waals surface area contributed by atoms with E-state index >= 15 is 0 Å². The molecule has 0 aliphatic rings. The summed E-state index contributed by atoms with van der Waals surface area (Å²) in [4.78, 5) is 0. The van der Waals surface area contributed by atoms with E-state index in [0.717, 1.165) is 0 Å². The van der Waals surface area contributed by atoms with Crippen molar-refractivity contribution in [2.45, 2.75) is 130 Å². The lowest BCUT2D eigenvalue weighted by Gasteiger charge is -2.37. The summed E-state index contributed by atoms with van der Waals surface area (Å²) < 4.78 is 1.38. The lowest BCUT2D eigenvalue weighted by molar-refractivity contribution is -0.926. The van der Waals surface area contributed by atoms with Gasteiger partial charge in [0.05, 0.1) is 26.2 Å². The lowest BCUT2D eigenvalue weighted by atomic mass is 10.0. The van der Waals surface area contributed by atoms with Crippen molar-refractivity contribution in [3.63, 3.8) is 0 Å². The molecule has 0 amide bonds. The van der Waals surface area contributed by atoms with Gasteiger partial charge in [-0.05, 0) is 32.6 Å². The van der Waals surface area contributed by atoms with Crippen LogP contribution in [0, 0.1) is 0 Å². The summed E-state index contributed by atoms with van der Waals surface area (Å²) in [5.74, 6) is 0. The molecule has 0 fully saturated rings. The van der Waals surface area contributed by atoms with Crippen molar-refractivity contribution in [3.8, 4) is 0 Å². The summed E-state index contributed by atoms with van der Waals surface area (Å²) in [5.41, 5.74) is 0. The minimum atomic E-state index is 1.33. The minimum Gasteiger partial charge on any atom is -0.324 e. The highest BCUT2D eigenvalue weighted by Gasteiger charge is 2.22. The Balaban J connectivity index is 3.42. The predicted octanol–water partition coefficient (Wildman–Crippen LogP) is 8.12. The van der Waals surface area contributed by atoms with Gasteiger partial charge in [0, 0.05) is 0 Å². The van der Waals surface area contributed by atoms with Gasteiger partial charge < -0.3 is 4.48 Å². The van der Waals surface area contributed by atoms with Crippen molar-refractivity contribution in [3.05, 3.63) is 0 Å². The van der Waals surface area contributed by atoms with Crippen molar-refractivity contribution < 1.29 is 4.48 Å². The first kappa shape index (κ1) is 25.0. The molecule has 0 bridgehead atoms. The van der Waals surface area contributed by atoms with Crippen molar-refractivity contribution in [2.24, 2.45) is 0 Å². The van der Waals surface area contributed by atoms with Crippen molar-refractivity contribution >= 4 is 0 Å². The second-order valence-electron chi connectivity index (χ2n) is 8.42. The molecule has 0 aliphatic heterocycles. The highest BCUT2D eigenvalue weighted by molar-refractivity contribution is 4.50. The molecule has 0 spiro atoms. The van der Waals surface area contributed by atoms with E-state index in [9.17, 15) is 0 Å². The topological polar surface area (TPSA) is 0 Å². The standard InChI is InChI=1S/C24H52N/c1-5-9-10-11-12-13-14-15-16-17-18-19-20-21-24-25(8-4,22-6-2)23-7-3/h5-24H2,1-4H3/q+1. The molecule has 0 aromatic rings. The summed E-state index contributed by atoms with van der Waals surface area (Å²) >= 11 is 0. The molecule has 25 heavy (non-hydrogen) atoms. The summed E-state index contributed by atoms with van der Waals surface area (Å²) in [6.07, 6.45) is 23.2. The number of unbranched alkanes of at least 4 members (excludes halogenated alkanes) is 13. The quantitative estimate of drug-likeness (QED) is 0.153. The van der Waals surface area contributed by atoms with Gasteiger partial charge in [-0.25, -0.2) is 0 Å². The molecule has 0 atom stereocenters. The Morgan fingerprint density at radius 1 is 0.360 bits per heavy atom. The van der Waals surface area contributed by atoms with Crippen LogP contribution in [-0.4, -0.2) is 30.7 Å². The van der Waals surface area contributed by atoms with Crippen LogP contribution in [0.4, 0.5) is 0 Å². The molecular formula is C24H52N+. The highest BCUT2D eigenvalue weighted by atomic mass is 15.3. The summed E-state index contributed by atoms with van der Waals surface area (Å²) in [6, 6.07) is 0. The van der Waals surface area contributed by atoms with Crippen molar-refractivity contribution in [1.82, 2.24) is 0 Å². The van der Waals surface area contributed by atoms with Gasteiger partial charge in [-0.15, -0.1) is 0 Å². The Kier molecular flexibility index (Phi) is 18.7. The molecule has 0 aromatic carbocycles. The number of rotatable bonds is 20. The summed E-state index contributed by atoms with van der Waals surface area (Å²) in [7, 11) is 0. The van der Waals surface area contributed by atoms with Gasteiger partial charge in [0.25, 0.3) is 0 Å². The Morgan fingerprint density at radius 3 is 1.04 bits per heavy atom. The number of nitrogens with zero attached hydrogens (tertiary/aromatic N) is 1. The van der Waals surface area contributed by atoms with E-state index in [1.807, 2.05) is 0 Å². The van der Waals surface area contributed by atoms with Gasteiger partial charge in [-0.2, -0.15) is 0 Å². The van der Waals surface area contributed by atoms with E-state index < -0.39 is 0 Å². The molecule has 1 heteroatoms. The first-order valence-electron chi connectivity index (χ1n) is 12.1. The maximum absolute atomic E-state index is 2.40. The van der Waals surface area contributed by atoms with E-state index in [1.165, 1.54) is 133 Å². The van der Waals surface area contributed by atoms with Gasteiger partial charge in [0.2, 0.25) is 0 Å². The van der Waals surface area contributed by atoms with E-state index in [1.54, 1.807) is 0 Å². The van der Waals surface area contributed by atoms with Crippen LogP contribution >= 0.6 is 0 Å². The first-order valence-corrected chi connectivity index (χ1v) is 12.1. The van der Waals surface area contributed by atoms with E-state index in [0.29, 0.717) is 0 Å². The largest absolute Gasteiger partial charge is 0.324 e. The second-order valence-corrected chi connectivity index (χ2v) is 8.42. The van der Waals surface area contributed by atoms with E-state index in [2.05, 4.69) is 27.7 Å². The molecule has 0 heterocycles. The third-order valence-corrected chi connectivity index (χ3v) is 6.05. The molecule has 0 rings (SSSR count). The highest BCUT2D eigenvalue weighted by Crippen LogP contribution is 2.15. The van der Waals surface area contributed by atoms with Crippen molar-refractivity contribution in [2.75, 3.05) is 26.2 Å². The SMILES string of the molecule is CCCCCCCCCCCCCCCC[N+](CC)(CCC)CCC. The molecule has 1 nitrogen and oxygen atoms in total. The Labute approximate surface area is 161 Å². The van der Waals surface area contributed by atoms with Crippen LogP contribution in [0.25, 0.3) is 0 Å². The summed E-state index contributed by atoms with van der Waals surface area (Å²) in [6.45, 7) is 14.9. The van der Waals surface area contributed by atoms with Gasteiger partial charge in [-0.3, -0.25) is 0 Å². The van der Waals surface area contributed by atoms with Gasteiger partial charge >= 0.3 is 0 Å². The van der Waals surface area contributed by atoms with Crippen LogP contribution in [0.2, 0.25) is 0 Å². The zero-order valence-corrected chi connectivity index (χ0v) is 18.6. The maximum atomic E-state index is 2.40. The van der Waals surface area contributed by atoms with Crippen LogP contribution in [0.3, 0.4) is 0 Å². The molecular weight excluding hydrogens is 302 g/mol. The van der Waals surface area contributed by atoms with Gasteiger partial charge in [-0.1, -0.05) is 97.8 Å². The Hall–Kier alpha value is -0.0400. The number of quaternary nitrogens is 1. The molecule has 0 aromatic heterocycles. The lowest BCUT2D eigenvalue weighted by Crippen LogP contribution is -2.49. The normalized spacial score (nSPS) is 12.0. The molecule has 0 N–H and O–H groups in total. The Bertz CT molecular complexity index is 242. The average Bonchev–Trinajstić information content (AvgIpc) is 2.62. The third-order valence-electron chi connectivity index (χ3n) is 6.05. The van der Waals surface area contributed by atoms with Gasteiger partial charge in [0.1, 0.15) is 0 Å². The average molecular weight is 355 g/mol. The molecule has 0 unspecified atom stereocenters. The first-order chi connectivity index (χ1) is 12.2. The van der Waals surface area contributed by atoms with Crippen molar-refractivity contribution in [1.29, 1.82) is 0 Å². The predicted molar refractivity (Wildman–Crippen MR) is 116 cm³/mol. The number of hydrogen-bond donors (Lipinski definition) is 0. The van der Waals surface area contributed by atoms with Crippen LogP contribution in [0.5, 0.6) is 0 Å². The fraction of sp³-hybridized carbons (Fsp3) is 1.00. The molecule has 0 saturated heterocycles. The fourth-order valence-corrected chi connectivity index (χ4v) is 4.40. The number of hydrogen-bond acceptors (Lipinski definition) is 0. The van der Waals surface area contributed by atoms with Crippen LogP contribution in [-0.2, 0) is 0 Å². The third kappa shape index (κ3) is 14.8. The van der Waals surface area contributed by atoms with Crippen LogP contribution in [0.1, 0.15) is 130 Å². The zero-order valence-electron chi connectivity index (χ0n) is 18.6. The van der Waals surface area contributed by atoms with Crippen LogP contribution in [0.15, 0.2) is 0 Å². The molecule has 152 valence electrons. The fourth-order valence-electron chi connectivity index (χ4n) is 4.40. The van der Waals surface area contributed by atoms with E-state index in [4.69, 9.17) is 0 Å². The zero-order chi connectivity index (χ0) is 18.6.